The highest BCUT2D eigenvalue weighted by molar-refractivity contribution is 5.94. The zero-order chi connectivity index (χ0) is 20.1. The van der Waals surface area contributed by atoms with E-state index in [1.165, 1.54) is 16.8 Å². The van der Waals surface area contributed by atoms with Crippen LogP contribution in [0, 0.1) is 0 Å². The molecule has 150 valence electrons. The molecule has 1 aromatic carbocycles. The van der Waals surface area contributed by atoms with Crippen LogP contribution in [0.25, 0.3) is 0 Å². The lowest BCUT2D eigenvalue weighted by Crippen LogP contribution is -2.40. The van der Waals surface area contributed by atoms with Gasteiger partial charge in [-0.2, -0.15) is 5.10 Å². The van der Waals surface area contributed by atoms with E-state index in [-0.39, 0.29) is 11.8 Å². The number of anilines is 1. The summed E-state index contributed by atoms with van der Waals surface area (Å²) in [5, 5.41) is 14.4. The lowest BCUT2D eigenvalue weighted by molar-refractivity contribution is -0.116. The molecule has 3 rings (SSSR count). The largest absolute Gasteiger partial charge is 0.356 e. The summed E-state index contributed by atoms with van der Waals surface area (Å²) >= 11 is 0. The van der Waals surface area contributed by atoms with Crippen LogP contribution in [0.4, 0.5) is 5.69 Å². The molecule has 0 saturated heterocycles. The molecule has 1 aromatic heterocycles. The van der Waals surface area contributed by atoms with Crippen LogP contribution in [0.3, 0.4) is 0 Å². The fourth-order valence-electron chi connectivity index (χ4n) is 3.89. The number of guanidine groups is 1. The van der Waals surface area contributed by atoms with Crippen LogP contribution in [0.1, 0.15) is 48.7 Å². The molecule has 0 spiro atoms. The second-order valence-corrected chi connectivity index (χ2v) is 7.05. The fraction of sp³-hybridized carbons (Fsp3) is 0.476. The Morgan fingerprint density at radius 2 is 2.07 bits per heavy atom. The molecule has 7 nitrogen and oxygen atoms in total. The van der Waals surface area contributed by atoms with Crippen molar-refractivity contribution in [2.75, 3.05) is 18.9 Å². The van der Waals surface area contributed by atoms with E-state index in [1.54, 1.807) is 7.05 Å². The number of aliphatic imine (C=N–C) groups is 1. The standard InChI is InChI=1S/C21H30N6O/c1-5-17-16(19(6-2)27(4)26-17)13-24-21(22-3)23-12-14-11-20(28)25-18-10-8-7-9-15(14)18/h7-10,14H,5-6,11-13H2,1-4H3,(H,25,28)(H2,22,23,24). The highest BCUT2D eigenvalue weighted by Gasteiger charge is 2.24. The molecule has 0 radical (unpaired) electrons. The Kier molecular flexibility index (Phi) is 6.34. The number of carbonyl (C=O) groups excluding carboxylic acids is 1. The lowest BCUT2D eigenvalue weighted by Gasteiger charge is -2.26. The van der Waals surface area contributed by atoms with Crippen molar-refractivity contribution in [3.05, 3.63) is 46.8 Å². The van der Waals surface area contributed by atoms with Gasteiger partial charge in [0.2, 0.25) is 5.91 Å². The highest BCUT2D eigenvalue weighted by atomic mass is 16.1. The van der Waals surface area contributed by atoms with Gasteiger partial charge in [-0.3, -0.25) is 14.5 Å². The minimum Gasteiger partial charge on any atom is -0.356 e. The SMILES string of the molecule is CCc1nn(C)c(CC)c1CNC(=NC)NCC1CC(=O)Nc2ccccc21. The van der Waals surface area contributed by atoms with Gasteiger partial charge in [0, 0.05) is 56.5 Å². The summed E-state index contributed by atoms with van der Waals surface area (Å²) in [4.78, 5) is 16.4. The number of aromatic nitrogens is 2. The summed E-state index contributed by atoms with van der Waals surface area (Å²) in [6, 6.07) is 7.98. The maximum Gasteiger partial charge on any atom is 0.225 e. The van der Waals surface area contributed by atoms with Gasteiger partial charge in [-0.1, -0.05) is 32.0 Å². The zero-order valence-corrected chi connectivity index (χ0v) is 17.2. The highest BCUT2D eigenvalue weighted by Crippen LogP contribution is 2.31. The van der Waals surface area contributed by atoms with Gasteiger partial charge in [-0.05, 0) is 24.5 Å². The number of rotatable bonds is 6. The molecule has 1 unspecified atom stereocenters. The molecular weight excluding hydrogens is 352 g/mol. The molecule has 1 atom stereocenters. The molecule has 7 heteroatoms. The lowest BCUT2D eigenvalue weighted by atomic mass is 9.90. The van der Waals surface area contributed by atoms with Crippen LogP contribution >= 0.6 is 0 Å². The first-order valence-electron chi connectivity index (χ1n) is 9.94. The third-order valence-electron chi connectivity index (χ3n) is 5.31. The molecule has 3 N–H and O–H groups in total. The fourth-order valence-corrected chi connectivity index (χ4v) is 3.89. The molecular formula is C21H30N6O. The average molecular weight is 383 g/mol. The summed E-state index contributed by atoms with van der Waals surface area (Å²) in [6.45, 7) is 5.61. The monoisotopic (exact) mass is 382 g/mol. The number of nitrogens with one attached hydrogen (secondary N) is 3. The van der Waals surface area contributed by atoms with Crippen LogP contribution in [-0.2, 0) is 31.2 Å². The van der Waals surface area contributed by atoms with Crippen molar-refractivity contribution in [1.29, 1.82) is 0 Å². The van der Waals surface area contributed by atoms with E-state index in [4.69, 9.17) is 0 Å². The van der Waals surface area contributed by atoms with Crippen molar-refractivity contribution in [1.82, 2.24) is 20.4 Å². The first-order chi connectivity index (χ1) is 13.6. The summed E-state index contributed by atoms with van der Waals surface area (Å²) in [7, 11) is 3.77. The van der Waals surface area contributed by atoms with Gasteiger partial charge in [0.1, 0.15) is 0 Å². The first kappa shape index (κ1) is 19.9. The number of fused-ring (bicyclic) bond motifs is 1. The Hall–Kier alpha value is -2.83. The molecule has 28 heavy (non-hydrogen) atoms. The van der Waals surface area contributed by atoms with Crippen molar-refractivity contribution in [3.8, 4) is 0 Å². The Bertz CT molecular complexity index is 870. The molecule has 0 saturated carbocycles. The van der Waals surface area contributed by atoms with Crippen molar-refractivity contribution < 1.29 is 4.79 Å². The van der Waals surface area contributed by atoms with Crippen molar-refractivity contribution in [2.45, 2.75) is 45.6 Å². The van der Waals surface area contributed by atoms with E-state index in [0.29, 0.717) is 19.5 Å². The van der Waals surface area contributed by atoms with E-state index in [2.05, 4.69) is 46.0 Å². The third-order valence-corrected chi connectivity index (χ3v) is 5.31. The first-order valence-corrected chi connectivity index (χ1v) is 9.94. The van der Waals surface area contributed by atoms with Gasteiger partial charge in [0.05, 0.1) is 5.69 Å². The number of para-hydroxylation sites is 1. The van der Waals surface area contributed by atoms with Crippen LogP contribution in [0.15, 0.2) is 29.3 Å². The summed E-state index contributed by atoms with van der Waals surface area (Å²) in [5.41, 5.74) is 5.69. The van der Waals surface area contributed by atoms with Gasteiger partial charge in [-0.25, -0.2) is 0 Å². The predicted molar refractivity (Wildman–Crippen MR) is 113 cm³/mol. The Morgan fingerprint density at radius 3 is 2.79 bits per heavy atom. The van der Waals surface area contributed by atoms with Gasteiger partial charge < -0.3 is 16.0 Å². The molecule has 1 aliphatic heterocycles. The van der Waals surface area contributed by atoms with Crippen LogP contribution in [-0.4, -0.2) is 35.2 Å². The van der Waals surface area contributed by atoms with Crippen LogP contribution in [0.5, 0.6) is 0 Å². The average Bonchev–Trinajstić information content (AvgIpc) is 3.02. The predicted octanol–water partition coefficient (Wildman–Crippen LogP) is 2.34. The maximum absolute atomic E-state index is 12.0. The minimum atomic E-state index is 0.0592. The molecule has 0 aliphatic carbocycles. The summed E-state index contributed by atoms with van der Waals surface area (Å²) in [6.07, 6.45) is 2.33. The van der Waals surface area contributed by atoms with E-state index < -0.39 is 0 Å². The molecule has 1 amide bonds. The van der Waals surface area contributed by atoms with Crippen molar-refractivity contribution >= 4 is 17.6 Å². The van der Waals surface area contributed by atoms with E-state index in [1.807, 2.05) is 29.9 Å². The van der Waals surface area contributed by atoms with Gasteiger partial charge in [0.15, 0.2) is 5.96 Å². The molecule has 2 aromatic rings. The van der Waals surface area contributed by atoms with E-state index >= 15 is 0 Å². The topological polar surface area (TPSA) is 83.3 Å². The van der Waals surface area contributed by atoms with Gasteiger partial charge in [0.25, 0.3) is 0 Å². The second-order valence-electron chi connectivity index (χ2n) is 7.05. The van der Waals surface area contributed by atoms with Crippen molar-refractivity contribution in [3.63, 3.8) is 0 Å². The molecule has 2 heterocycles. The number of benzene rings is 1. The number of nitrogens with zero attached hydrogens (tertiary/aromatic N) is 3. The maximum atomic E-state index is 12.0. The summed E-state index contributed by atoms with van der Waals surface area (Å²) < 4.78 is 1.98. The minimum absolute atomic E-state index is 0.0592. The third kappa shape index (κ3) is 4.18. The Morgan fingerprint density at radius 1 is 1.29 bits per heavy atom. The van der Waals surface area contributed by atoms with E-state index in [0.717, 1.165) is 30.2 Å². The number of carbonyl (C=O) groups is 1. The summed E-state index contributed by atoms with van der Waals surface area (Å²) in [5.74, 6) is 0.916. The second kappa shape index (κ2) is 8.91. The van der Waals surface area contributed by atoms with Crippen molar-refractivity contribution in [2.24, 2.45) is 12.0 Å². The molecule has 0 fully saturated rings. The van der Waals surface area contributed by atoms with Crippen LogP contribution < -0.4 is 16.0 Å². The normalized spacial score (nSPS) is 16.5. The number of hydrogen-bond acceptors (Lipinski definition) is 3. The van der Waals surface area contributed by atoms with Crippen LogP contribution in [0.2, 0.25) is 0 Å². The van der Waals surface area contributed by atoms with Gasteiger partial charge >= 0.3 is 0 Å². The Balaban J connectivity index is 1.65. The number of aryl methyl sites for hydroxylation is 2. The smallest absolute Gasteiger partial charge is 0.225 e. The quantitative estimate of drug-likeness (QED) is 0.529. The molecule has 1 aliphatic rings. The Labute approximate surface area is 166 Å². The number of hydrogen-bond donors (Lipinski definition) is 3. The zero-order valence-electron chi connectivity index (χ0n) is 17.2. The molecule has 0 bridgehead atoms. The van der Waals surface area contributed by atoms with Gasteiger partial charge in [-0.15, -0.1) is 0 Å². The number of amides is 1. The van der Waals surface area contributed by atoms with E-state index in [9.17, 15) is 4.79 Å².